The zero-order valence-corrected chi connectivity index (χ0v) is 11.5. The molecule has 0 aromatic heterocycles. The third-order valence-corrected chi connectivity index (χ3v) is 3.40. The highest BCUT2D eigenvalue weighted by atomic mass is 79.9. The maximum Gasteiger partial charge on any atom is 0.256 e. The van der Waals surface area contributed by atoms with Crippen LogP contribution in [-0.2, 0) is 0 Å². The summed E-state index contributed by atoms with van der Waals surface area (Å²) in [7, 11) is 0. The Morgan fingerprint density at radius 1 is 1.20 bits per heavy atom. The minimum atomic E-state index is -1.38. The lowest BCUT2D eigenvalue weighted by atomic mass is 10.2. The number of carbonyl (C=O) groups is 1. The van der Waals surface area contributed by atoms with Crippen molar-refractivity contribution in [2.45, 2.75) is 0 Å². The highest BCUT2D eigenvalue weighted by Crippen LogP contribution is 2.26. The molecule has 2 aromatic carbocycles. The van der Waals surface area contributed by atoms with Crippen molar-refractivity contribution < 1.29 is 18.0 Å². The van der Waals surface area contributed by atoms with E-state index in [9.17, 15) is 18.0 Å². The summed E-state index contributed by atoms with van der Waals surface area (Å²) >= 11 is 3.11. The van der Waals surface area contributed by atoms with Crippen LogP contribution in [0.2, 0.25) is 0 Å². The number of anilines is 2. The monoisotopic (exact) mass is 344 g/mol. The normalized spacial score (nSPS) is 10.4. The second-order valence-electron chi connectivity index (χ2n) is 3.91. The van der Waals surface area contributed by atoms with Crippen molar-refractivity contribution in [3.8, 4) is 0 Å². The standard InChI is InChI=1S/C13H8BrF3N2O/c14-11-7(2-1-3-9(11)18)13(20)19-10-5-6(15)4-8(16)12(10)17/h1-5H,18H2,(H,19,20). The molecule has 0 saturated heterocycles. The largest absolute Gasteiger partial charge is 0.398 e. The van der Waals surface area contributed by atoms with Gasteiger partial charge in [0.25, 0.3) is 5.91 Å². The van der Waals surface area contributed by atoms with Crippen LogP contribution in [-0.4, -0.2) is 5.91 Å². The molecule has 1 amide bonds. The lowest BCUT2D eigenvalue weighted by molar-refractivity contribution is 0.102. The third kappa shape index (κ3) is 2.77. The van der Waals surface area contributed by atoms with Crippen molar-refractivity contribution >= 4 is 33.2 Å². The van der Waals surface area contributed by atoms with Crippen LogP contribution in [0.3, 0.4) is 0 Å². The number of nitrogen functional groups attached to an aromatic ring is 1. The lowest BCUT2D eigenvalue weighted by Gasteiger charge is -2.09. The average Bonchev–Trinajstić information content (AvgIpc) is 2.38. The molecule has 0 heterocycles. The smallest absolute Gasteiger partial charge is 0.256 e. The van der Waals surface area contributed by atoms with Gasteiger partial charge in [-0.1, -0.05) is 6.07 Å². The Morgan fingerprint density at radius 2 is 1.90 bits per heavy atom. The molecule has 104 valence electrons. The van der Waals surface area contributed by atoms with E-state index in [1.54, 1.807) is 6.07 Å². The van der Waals surface area contributed by atoms with E-state index in [2.05, 4.69) is 21.2 Å². The lowest BCUT2D eigenvalue weighted by Crippen LogP contribution is -2.15. The molecular weight excluding hydrogens is 337 g/mol. The molecule has 0 unspecified atom stereocenters. The van der Waals surface area contributed by atoms with Crippen LogP contribution in [0.15, 0.2) is 34.8 Å². The van der Waals surface area contributed by atoms with Gasteiger partial charge >= 0.3 is 0 Å². The first-order valence-electron chi connectivity index (χ1n) is 5.40. The highest BCUT2D eigenvalue weighted by molar-refractivity contribution is 9.10. The average molecular weight is 345 g/mol. The van der Waals surface area contributed by atoms with Crippen LogP contribution in [0.5, 0.6) is 0 Å². The van der Waals surface area contributed by atoms with Crippen LogP contribution in [0.25, 0.3) is 0 Å². The minimum Gasteiger partial charge on any atom is -0.398 e. The van der Waals surface area contributed by atoms with E-state index in [-0.39, 0.29) is 5.56 Å². The summed E-state index contributed by atoms with van der Waals surface area (Å²) < 4.78 is 39.8. The molecule has 2 aromatic rings. The third-order valence-electron chi connectivity index (χ3n) is 2.51. The van der Waals surface area contributed by atoms with E-state index < -0.39 is 29.0 Å². The molecule has 0 aliphatic carbocycles. The SMILES string of the molecule is Nc1cccc(C(=O)Nc2cc(F)cc(F)c2F)c1Br. The Balaban J connectivity index is 2.35. The molecule has 2 rings (SSSR count). The van der Waals surface area contributed by atoms with Crippen LogP contribution in [0, 0.1) is 17.5 Å². The van der Waals surface area contributed by atoms with Gasteiger partial charge in [-0.15, -0.1) is 0 Å². The highest BCUT2D eigenvalue weighted by Gasteiger charge is 2.16. The van der Waals surface area contributed by atoms with Gasteiger partial charge in [-0.2, -0.15) is 0 Å². The molecule has 0 aliphatic heterocycles. The fraction of sp³-hybridized carbons (Fsp3) is 0. The summed E-state index contributed by atoms with van der Waals surface area (Å²) in [4.78, 5) is 12.0. The van der Waals surface area contributed by atoms with Gasteiger partial charge < -0.3 is 11.1 Å². The summed E-state index contributed by atoms with van der Waals surface area (Å²) in [5, 5.41) is 2.10. The first-order chi connectivity index (χ1) is 9.40. The Morgan fingerprint density at radius 3 is 2.60 bits per heavy atom. The van der Waals surface area contributed by atoms with Gasteiger partial charge in [-0.05, 0) is 28.1 Å². The summed E-state index contributed by atoms with van der Waals surface area (Å²) in [5.41, 5.74) is 5.46. The Kier molecular flexibility index (Phi) is 3.99. The van der Waals surface area contributed by atoms with Crippen molar-refractivity contribution in [3.05, 3.63) is 57.8 Å². The molecule has 3 nitrogen and oxygen atoms in total. The number of amides is 1. The van der Waals surface area contributed by atoms with Crippen molar-refractivity contribution in [2.75, 3.05) is 11.1 Å². The molecule has 0 radical (unpaired) electrons. The molecule has 0 bridgehead atoms. The number of nitrogens with two attached hydrogens (primary N) is 1. The van der Waals surface area contributed by atoms with Crippen LogP contribution >= 0.6 is 15.9 Å². The van der Waals surface area contributed by atoms with Crippen LogP contribution in [0.4, 0.5) is 24.5 Å². The summed E-state index contributed by atoms with van der Waals surface area (Å²) in [6, 6.07) is 5.60. The number of hydrogen-bond donors (Lipinski definition) is 2. The van der Waals surface area contributed by atoms with Crippen molar-refractivity contribution in [3.63, 3.8) is 0 Å². The Hall–Kier alpha value is -2.02. The molecule has 0 atom stereocenters. The Bertz CT molecular complexity index is 692. The molecule has 0 spiro atoms. The van der Waals surface area contributed by atoms with Gasteiger partial charge in [0.1, 0.15) is 5.82 Å². The van der Waals surface area contributed by atoms with E-state index in [0.717, 1.165) is 0 Å². The topological polar surface area (TPSA) is 55.1 Å². The van der Waals surface area contributed by atoms with Gasteiger partial charge in [0.2, 0.25) is 0 Å². The molecule has 0 saturated carbocycles. The zero-order chi connectivity index (χ0) is 14.9. The minimum absolute atomic E-state index is 0.120. The fourth-order valence-electron chi connectivity index (χ4n) is 1.56. The van der Waals surface area contributed by atoms with Crippen molar-refractivity contribution in [1.82, 2.24) is 0 Å². The quantitative estimate of drug-likeness (QED) is 0.644. The second kappa shape index (κ2) is 5.54. The predicted octanol–water partition coefficient (Wildman–Crippen LogP) is 3.70. The molecular formula is C13H8BrF3N2O. The summed E-state index contributed by atoms with van der Waals surface area (Å²) in [6.45, 7) is 0. The van der Waals surface area contributed by atoms with E-state index in [0.29, 0.717) is 22.3 Å². The molecule has 3 N–H and O–H groups in total. The van der Waals surface area contributed by atoms with Gasteiger partial charge in [0.15, 0.2) is 11.6 Å². The van der Waals surface area contributed by atoms with E-state index in [4.69, 9.17) is 5.73 Å². The van der Waals surface area contributed by atoms with Crippen molar-refractivity contribution in [1.29, 1.82) is 0 Å². The van der Waals surface area contributed by atoms with E-state index in [1.165, 1.54) is 12.1 Å². The van der Waals surface area contributed by atoms with Gasteiger partial charge in [0, 0.05) is 17.8 Å². The van der Waals surface area contributed by atoms with E-state index >= 15 is 0 Å². The van der Waals surface area contributed by atoms with Crippen LogP contribution in [0.1, 0.15) is 10.4 Å². The van der Waals surface area contributed by atoms with Gasteiger partial charge in [-0.25, -0.2) is 13.2 Å². The number of carbonyl (C=O) groups excluding carboxylic acids is 1. The molecule has 20 heavy (non-hydrogen) atoms. The maximum atomic E-state index is 13.4. The first-order valence-corrected chi connectivity index (χ1v) is 6.19. The number of halogens is 4. The van der Waals surface area contributed by atoms with Crippen molar-refractivity contribution in [2.24, 2.45) is 0 Å². The van der Waals surface area contributed by atoms with Crippen LogP contribution < -0.4 is 11.1 Å². The Labute approximate surface area is 120 Å². The summed E-state index contributed by atoms with van der Waals surface area (Å²) in [5.74, 6) is -4.45. The summed E-state index contributed by atoms with van der Waals surface area (Å²) in [6.07, 6.45) is 0. The maximum absolute atomic E-state index is 13.4. The first kappa shape index (κ1) is 14.4. The number of hydrogen-bond acceptors (Lipinski definition) is 2. The second-order valence-corrected chi connectivity index (χ2v) is 4.71. The fourth-order valence-corrected chi connectivity index (χ4v) is 2.01. The number of benzene rings is 2. The zero-order valence-electron chi connectivity index (χ0n) is 9.88. The molecule has 0 aliphatic rings. The number of rotatable bonds is 2. The molecule has 0 fully saturated rings. The van der Waals surface area contributed by atoms with E-state index in [1.807, 2.05) is 0 Å². The van der Waals surface area contributed by atoms with Gasteiger partial charge in [0.05, 0.1) is 15.7 Å². The van der Waals surface area contributed by atoms with Gasteiger partial charge in [-0.3, -0.25) is 4.79 Å². The number of nitrogens with one attached hydrogen (secondary N) is 1. The molecule has 7 heteroatoms. The predicted molar refractivity (Wildman–Crippen MR) is 72.8 cm³/mol.